The van der Waals surface area contributed by atoms with Gasteiger partial charge < -0.3 is 29.3 Å². The molecule has 0 saturated carbocycles. The molecular formula is C21H28N3O4+. The van der Waals surface area contributed by atoms with Gasteiger partial charge in [0, 0.05) is 6.07 Å². The summed E-state index contributed by atoms with van der Waals surface area (Å²) in [5.41, 5.74) is 1.76. The molecule has 0 spiro atoms. The van der Waals surface area contributed by atoms with Crippen molar-refractivity contribution < 1.29 is 23.9 Å². The number of hydrogen-bond acceptors (Lipinski definition) is 5. The first-order chi connectivity index (χ1) is 13.6. The summed E-state index contributed by atoms with van der Waals surface area (Å²) in [5, 5.41) is 2.95. The third kappa shape index (κ3) is 4.67. The Kier molecular flexibility index (Phi) is 6.60. The number of nitrogens with zero attached hydrogens (tertiary/aromatic N) is 1. The topological polar surface area (TPSA) is 64.5 Å². The number of nitrogens with one attached hydrogen (secondary N) is 2. The Morgan fingerprint density at radius 2 is 1.71 bits per heavy atom. The maximum atomic E-state index is 12.5. The van der Waals surface area contributed by atoms with Crippen LogP contribution < -0.4 is 29.3 Å². The lowest BCUT2D eigenvalue weighted by atomic mass is 10.2. The van der Waals surface area contributed by atoms with Crippen molar-refractivity contribution >= 4 is 17.3 Å². The van der Waals surface area contributed by atoms with Crippen LogP contribution in [0, 0.1) is 0 Å². The summed E-state index contributed by atoms with van der Waals surface area (Å²) < 4.78 is 16.0. The molecular weight excluding hydrogens is 358 g/mol. The largest absolute Gasteiger partial charge is 0.497 e. The summed E-state index contributed by atoms with van der Waals surface area (Å²) in [6, 6.07) is 13.4. The molecule has 2 aromatic carbocycles. The van der Waals surface area contributed by atoms with E-state index in [0.717, 1.165) is 37.6 Å². The summed E-state index contributed by atoms with van der Waals surface area (Å²) in [7, 11) is 4.87. The van der Waals surface area contributed by atoms with Gasteiger partial charge in [-0.15, -0.1) is 0 Å². The summed E-state index contributed by atoms with van der Waals surface area (Å²) in [6.07, 6.45) is 0. The fourth-order valence-corrected chi connectivity index (χ4v) is 3.45. The molecule has 7 nitrogen and oxygen atoms in total. The minimum absolute atomic E-state index is 0.0239. The molecule has 0 bridgehead atoms. The first-order valence-electron chi connectivity index (χ1n) is 9.38. The van der Waals surface area contributed by atoms with E-state index < -0.39 is 0 Å². The molecule has 0 unspecified atom stereocenters. The average Bonchev–Trinajstić information content (AvgIpc) is 2.74. The zero-order valence-electron chi connectivity index (χ0n) is 16.7. The molecule has 1 saturated heterocycles. The number of amides is 1. The molecule has 2 N–H and O–H groups in total. The van der Waals surface area contributed by atoms with Crippen LogP contribution in [0.2, 0.25) is 0 Å². The standard InChI is InChI=1S/C21H27N3O4/c1-26-16-8-9-17(20(14-16)28-3)22-21(25)15-23-10-12-24(13-11-23)18-6-4-5-7-19(18)27-2/h4-9,14H,10-13,15H2,1-3H3,(H,22,25)/p+1. The monoisotopic (exact) mass is 386 g/mol. The molecule has 1 heterocycles. The van der Waals surface area contributed by atoms with Crippen LogP contribution >= 0.6 is 0 Å². The summed E-state index contributed by atoms with van der Waals surface area (Å²) in [4.78, 5) is 16.1. The van der Waals surface area contributed by atoms with Crippen LogP contribution in [0.25, 0.3) is 0 Å². The van der Waals surface area contributed by atoms with E-state index in [0.29, 0.717) is 23.7 Å². The van der Waals surface area contributed by atoms with Gasteiger partial charge >= 0.3 is 0 Å². The second kappa shape index (κ2) is 9.32. The minimum atomic E-state index is -0.0239. The van der Waals surface area contributed by atoms with Crippen LogP contribution in [0.1, 0.15) is 0 Å². The van der Waals surface area contributed by atoms with Gasteiger partial charge in [0.1, 0.15) is 17.2 Å². The van der Waals surface area contributed by atoms with Crippen LogP contribution in [0.3, 0.4) is 0 Å². The number of methoxy groups -OCH3 is 3. The fraction of sp³-hybridized carbons (Fsp3) is 0.381. The third-order valence-electron chi connectivity index (χ3n) is 4.99. The van der Waals surface area contributed by atoms with Gasteiger partial charge in [-0.05, 0) is 24.3 Å². The molecule has 28 heavy (non-hydrogen) atoms. The van der Waals surface area contributed by atoms with Crippen molar-refractivity contribution in [3.8, 4) is 17.2 Å². The van der Waals surface area contributed by atoms with E-state index in [1.54, 1.807) is 39.5 Å². The molecule has 7 heteroatoms. The van der Waals surface area contributed by atoms with Crippen LogP contribution in [-0.4, -0.2) is 60.0 Å². The number of anilines is 2. The maximum absolute atomic E-state index is 12.5. The highest BCUT2D eigenvalue weighted by Crippen LogP contribution is 2.29. The Labute approximate surface area is 165 Å². The molecule has 0 atom stereocenters. The van der Waals surface area contributed by atoms with E-state index in [-0.39, 0.29) is 5.91 Å². The maximum Gasteiger partial charge on any atom is 0.279 e. The van der Waals surface area contributed by atoms with Crippen molar-refractivity contribution in [2.45, 2.75) is 0 Å². The van der Waals surface area contributed by atoms with E-state index in [1.165, 1.54) is 4.90 Å². The Morgan fingerprint density at radius 1 is 1.00 bits per heavy atom. The zero-order chi connectivity index (χ0) is 19.9. The van der Waals surface area contributed by atoms with Crippen LogP contribution in [0.15, 0.2) is 42.5 Å². The van der Waals surface area contributed by atoms with Gasteiger partial charge in [-0.2, -0.15) is 0 Å². The van der Waals surface area contributed by atoms with Crippen molar-refractivity contribution in [3.05, 3.63) is 42.5 Å². The van der Waals surface area contributed by atoms with E-state index in [2.05, 4.69) is 16.3 Å². The van der Waals surface area contributed by atoms with Crippen molar-refractivity contribution in [1.82, 2.24) is 0 Å². The van der Waals surface area contributed by atoms with Gasteiger partial charge in [-0.1, -0.05) is 12.1 Å². The van der Waals surface area contributed by atoms with Crippen molar-refractivity contribution in [1.29, 1.82) is 0 Å². The van der Waals surface area contributed by atoms with Gasteiger partial charge in [0.15, 0.2) is 6.54 Å². The predicted octanol–water partition coefficient (Wildman–Crippen LogP) is 1.06. The average molecular weight is 386 g/mol. The molecule has 1 aliphatic heterocycles. The highest BCUT2D eigenvalue weighted by atomic mass is 16.5. The van der Waals surface area contributed by atoms with E-state index in [4.69, 9.17) is 14.2 Å². The number of rotatable bonds is 7. The lowest BCUT2D eigenvalue weighted by Crippen LogP contribution is -3.15. The molecule has 0 aliphatic carbocycles. The summed E-state index contributed by atoms with van der Waals surface area (Å²) in [5.74, 6) is 2.14. The second-order valence-electron chi connectivity index (χ2n) is 6.70. The number of hydrogen-bond donors (Lipinski definition) is 2. The number of para-hydroxylation sites is 2. The minimum Gasteiger partial charge on any atom is -0.497 e. The molecule has 0 radical (unpaired) electrons. The van der Waals surface area contributed by atoms with E-state index in [9.17, 15) is 4.79 Å². The first-order valence-corrected chi connectivity index (χ1v) is 9.38. The summed E-state index contributed by atoms with van der Waals surface area (Å²) in [6.45, 7) is 3.98. The van der Waals surface area contributed by atoms with Crippen molar-refractivity contribution in [2.24, 2.45) is 0 Å². The molecule has 1 fully saturated rings. The SMILES string of the molecule is COc1ccc(NC(=O)C[NH+]2CCN(c3ccccc3OC)CC2)c(OC)c1. The number of benzene rings is 2. The zero-order valence-corrected chi connectivity index (χ0v) is 16.7. The number of carbonyl (C=O) groups is 1. The molecule has 1 amide bonds. The molecule has 3 rings (SSSR count). The number of quaternary nitrogens is 1. The Hall–Kier alpha value is -2.93. The van der Waals surface area contributed by atoms with Gasteiger partial charge in [0.25, 0.3) is 5.91 Å². The first kappa shape index (κ1) is 19.8. The molecule has 0 aromatic heterocycles. The Bertz CT molecular complexity index is 804. The Balaban J connectivity index is 1.54. The molecule has 150 valence electrons. The Morgan fingerprint density at radius 3 is 2.39 bits per heavy atom. The third-order valence-corrected chi connectivity index (χ3v) is 4.99. The highest BCUT2D eigenvalue weighted by molar-refractivity contribution is 5.93. The number of ether oxygens (including phenoxy) is 3. The van der Waals surface area contributed by atoms with Crippen molar-refractivity contribution in [3.63, 3.8) is 0 Å². The predicted molar refractivity (Wildman–Crippen MR) is 109 cm³/mol. The van der Waals surface area contributed by atoms with Crippen LogP contribution in [-0.2, 0) is 4.79 Å². The van der Waals surface area contributed by atoms with Gasteiger partial charge in [-0.25, -0.2) is 0 Å². The van der Waals surface area contributed by atoms with Crippen LogP contribution in [0.4, 0.5) is 11.4 Å². The highest BCUT2D eigenvalue weighted by Gasteiger charge is 2.24. The summed E-state index contributed by atoms with van der Waals surface area (Å²) >= 11 is 0. The van der Waals surface area contributed by atoms with E-state index >= 15 is 0 Å². The molecule has 2 aromatic rings. The van der Waals surface area contributed by atoms with Gasteiger partial charge in [0.05, 0.1) is 58.9 Å². The van der Waals surface area contributed by atoms with Crippen molar-refractivity contribution in [2.75, 3.05) is 64.3 Å². The molecule has 1 aliphatic rings. The fourth-order valence-electron chi connectivity index (χ4n) is 3.45. The lowest BCUT2D eigenvalue weighted by molar-refractivity contribution is -0.892. The lowest BCUT2D eigenvalue weighted by Gasteiger charge is -2.34. The quantitative estimate of drug-likeness (QED) is 0.745. The number of piperazine rings is 1. The smallest absolute Gasteiger partial charge is 0.279 e. The van der Waals surface area contributed by atoms with Crippen LogP contribution in [0.5, 0.6) is 17.2 Å². The number of carbonyl (C=O) groups excluding carboxylic acids is 1. The normalized spacial score (nSPS) is 14.5. The second-order valence-corrected chi connectivity index (χ2v) is 6.70. The van der Waals surface area contributed by atoms with Gasteiger partial charge in [-0.3, -0.25) is 4.79 Å². The van der Waals surface area contributed by atoms with Gasteiger partial charge in [0.2, 0.25) is 0 Å². The van der Waals surface area contributed by atoms with E-state index in [1.807, 2.05) is 18.2 Å².